The number of thiophene rings is 1. The highest BCUT2D eigenvalue weighted by atomic mass is 35.5. The molecule has 0 radical (unpaired) electrons. The van der Waals surface area contributed by atoms with Gasteiger partial charge in [0, 0.05) is 47.7 Å². The molecule has 146 valence electrons. The second-order valence-electron chi connectivity index (χ2n) is 7.45. The molecule has 0 bridgehead atoms. The van der Waals surface area contributed by atoms with E-state index in [0.717, 1.165) is 49.8 Å². The SMILES string of the molecule is Cc1ccc2nc3sc(C(=O)N4CCN(c5cccc(Cl)c5)CC4)cc3cc2c1. The number of piperazine rings is 1. The Kier molecular flexibility index (Phi) is 4.64. The topological polar surface area (TPSA) is 36.4 Å². The molecule has 2 aromatic heterocycles. The van der Waals surface area contributed by atoms with Gasteiger partial charge >= 0.3 is 0 Å². The van der Waals surface area contributed by atoms with Crippen LogP contribution in [-0.2, 0) is 0 Å². The fourth-order valence-corrected chi connectivity index (χ4v) is 5.03. The van der Waals surface area contributed by atoms with Crippen LogP contribution in [0.15, 0.2) is 54.6 Å². The van der Waals surface area contributed by atoms with Crippen LogP contribution in [-0.4, -0.2) is 42.0 Å². The summed E-state index contributed by atoms with van der Waals surface area (Å²) in [6.45, 7) is 5.09. The number of amides is 1. The molecule has 0 aliphatic carbocycles. The van der Waals surface area contributed by atoms with Crippen LogP contribution in [0.3, 0.4) is 0 Å². The van der Waals surface area contributed by atoms with Crippen molar-refractivity contribution in [2.24, 2.45) is 0 Å². The maximum Gasteiger partial charge on any atom is 0.264 e. The lowest BCUT2D eigenvalue weighted by Crippen LogP contribution is -2.48. The first kappa shape index (κ1) is 18.4. The maximum atomic E-state index is 13.1. The number of rotatable bonds is 2. The van der Waals surface area contributed by atoms with E-state index in [9.17, 15) is 4.79 Å². The zero-order chi connectivity index (χ0) is 20.0. The van der Waals surface area contributed by atoms with Gasteiger partial charge in [-0.05, 0) is 49.4 Å². The molecule has 3 heterocycles. The predicted molar refractivity (Wildman–Crippen MR) is 121 cm³/mol. The van der Waals surface area contributed by atoms with E-state index in [0.29, 0.717) is 13.1 Å². The van der Waals surface area contributed by atoms with Crippen molar-refractivity contribution in [1.29, 1.82) is 0 Å². The molecule has 4 aromatic rings. The number of carbonyl (C=O) groups is 1. The molecular weight excluding hydrogens is 402 g/mol. The van der Waals surface area contributed by atoms with Crippen LogP contribution in [0.25, 0.3) is 21.1 Å². The van der Waals surface area contributed by atoms with Gasteiger partial charge in [-0.1, -0.05) is 29.3 Å². The second kappa shape index (κ2) is 7.32. The molecule has 4 nitrogen and oxygen atoms in total. The van der Waals surface area contributed by atoms with E-state index in [2.05, 4.69) is 36.1 Å². The van der Waals surface area contributed by atoms with Crippen molar-refractivity contribution >= 4 is 55.7 Å². The summed E-state index contributed by atoms with van der Waals surface area (Å²) >= 11 is 7.60. The van der Waals surface area contributed by atoms with Gasteiger partial charge in [0.05, 0.1) is 10.4 Å². The third-order valence-corrected chi connectivity index (χ3v) is 6.68. The van der Waals surface area contributed by atoms with Gasteiger partial charge in [0.15, 0.2) is 0 Å². The van der Waals surface area contributed by atoms with Crippen molar-refractivity contribution in [3.05, 3.63) is 70.1 Å². The monoisotopic (exact) mass is 421 g/mol. The number of nitrogens with zero attached hydrogens (tertiary/aromatic N) is 3. The summed E-state index contributed by atoms with van der Waals surface area (Å²) in [5.74, 6) is 0.0963. The minimum absolute atomic E-state index is 0.0963. The predicted octanol–water partition coefficient (Wildman–Crippen LogP) is 5.37. The largest absolute Gasteiger partial charge is 0.368 e. The van der Waals surface area contributed by atoms with Gasteiger partial charge in [-0.2, -0.15) is 0 Å². The number of fused-ring (bicyclic) bond motifs is 2. The van der Waals surface area contributed by atoms with E-state index < -0.39 is 0 Å². The first-order valence-electron chi connectivity index (χ1n) is 9.67. The summed E-state index contributed by atoms with van der Waals surface area (Å²) in [5.41, 5.74) is 3.29. The normalized spacial score (nSPS) is 14.7. The van der Waals surface area contributed by atoms with Crippen LogP contribution >= 0.6 is 22.9 Å². The van der Waals surface area contributed by atoms with E-state index in [1.165, 1.54) is 16.9 Å². The van der Waals surface area contributed by atoms with E-state index in [1.54, 1.807) is 0 Å². The fourth-order valence-electron chi connectivity index (χ4n) is 3.86. The van der Waals surface area contributed by atoms with Gasteiger partial charge in [-0.15, -0.1) is 11.3 Å². The number of pyridine rings is 1. The van der Waals surface area contributed by atoms with Crippen LogP contribution in [0.5, 0.6) is 0 Å². The maximum absolute atomic E-state index is 13.1. The number of aryl methyl sites for hydroxylation is 1. The van der Waals surface area contributed by atoms with Crippen molar-refractivity contribution < 1.29 is 4.79 Å². The van der Waals surface area contributed by atoms with E-state index in [-0.39, 0.29) is 5.91 Å². The molecule has 0 atom stereocenters. The van der Waals surface area contributed by atoms with E-state index in [4.69, 9.17) is 16.6 Å². The molecule has 1 aliphatic heterocycles. The Hall–Kier alpha value is -2.63. The Morgan fingerprint density at radius 2 is 1.83 bits per heavy atom. The summed E-state index contributed by atoms with van der Waals surface area (Å²) in [7, 11) is 0. The highest BCUT2D eigenvalue weighted by molar-refractivity contribution is 7.20. The van der Waals surface area contributed by atoms with Gasteiger partial charge < -0.3 is 9.80 Å². The highest BCUT2D eigenvalue weighted by Gasteiger charge is 2.24. The molecule has 6 heteroatoms. The number of carbonyl (C=O) groups excluding carboxylic acids is 1. The Morgan fingerprint density at radius 3 is 2.62 bits per heavy atom. The molecule has 1 saturated heterocycles. The number of aromatic nitrogens is 1. The van der Waals surface area contributed by atoms with Gasteiger partial charge in [0.2, 0.25) is 0 Å². The Bertz CT molecular complexity index is 1230. The van der Waals surface area contributed by atoms with E-state index >= 15 is 0 Å². The molecule has 29 heavy (non-hydrogen) atoms. The number of halogens is 1. The molecule has 0 unspecified atom stereocenters. The van der Waals surface area contributed by atoms with Crippen LogP contribution in [0.1, 0.15) is 15.2 Å². The number of benzene rings is 2. The van der Waals surface area contributed by atoms with Gasteiger partial charge in [-0.3, -0.25) is 4.79 Å². The minimum Gasteiger partial charge on any atom is -0.368 e. The standard InChI is InChI=1S/C23H20ClN3OS/c1-15-5-6-20-16(11-15)12-17-13-21(29-22(17)25-20)23(28)27-9-7-26(8-10-27)19-4-2-3-18(24)14-19/h2-6,11-14H,7-10H2,1H3. The van der Waals surface area contributed by atoms with Crippen LogP contribution in [0.4, 0.5) is 5.69 Å². The lowest BCUT2D eigenvalue weighted by molar-refractivity contribution is 0.0751. The third kappa shape index (κ3) is 3.56. The number of hydrogen-bond acceptors (Lipinski definition) is 4. The lowest BCUT2D eigenvalue weighted by Gasteiger charge is -2.36. The van der Waals surface area contributed by atoms with Gasteiger partial charge in [0.1, 0.15) is 4.83 Å². The highest BCUT2D eigenvalue weighted by Crippen LogP contribution is 2.29. The summed E-state index contributed by atoms with van der Waals surface area (Å²) in [5, 5.41) is 2.89. The molecule has 1 fully saturated rings. The quantitative estimate of drug-likeness (QED) is 0.436. The third-order valence-electron chi connectivity index (χ3n) is 5.41. The molecule has 5 rings (SSSR count). The smallest absolute Gasteiger partial charge is 0.264 e. The summed E-state index contributed by atoms with van der Waals surface area (Å²) in [6.07, 6.45) is 0. The zero-order valence-corrected chi connectivity index (χ0v) is 17.6. The van der Waals surface area contributed by atoms with Crippen LogP contribution in [0, 0.1) is 6.92 Å². The van der Waals surface area contributed by atoms with Crippen LogP contribution < -0.4 is 4.90 Å². The summed E-state index contributed by atoms with van der Waals surface area (Å²) in [4.78, 5) is 23.7. The average Bonchev–Trinajstić information content (AvgIpc) is 3.14. The Morgan fingerprint density at radius 1 is 1.00 bits per heavy atom. The van der Waals surface area contributed by atoms with Crippen molar-refractivity contribution in [2.75, 3.05) is 31.1 Å². The van der Waals surface area contributed by atoms with Gasteiger partial charge in [-0.25, -0.2) is 4.98 Å². The van der Waals surface area contributed by atoms with E-state index in [1.807, 2.05) is 35.2 Å². The average molecular weight is 422 g/mol. The molecular formula is C23H20ClN3OS. The number of hydrogen-bond donors (Lipinski definition) is 0. The summed E-state index contributed by atoms with van der Waals surface area (Å²) < 4.78 is 0. The lowest BCUT2D eigenvalue weighted by atomic mass is 10.1. The summed E-state index contributed by atoms with van der Waals surface area (Å²) in [6, 6.07) is 18.2. The first-order valence-corrected chi connectivity index (χ1v) is 10.9. The Labute approximate surface area is 178 Å². The molecule has 1 amide bonds. The van der Waals surface area contributed by atoms with Crippen LogP contribution in [0.2, 0.25) is 5.02 Å². The van der Waals surface area contributed by atoms with Crippen molar-refractivity contribution in [2.45, 2.75) is 6.92 Å². The number of anilines is 1. The zero-order valence-electron chi connectivity index (χ0n) is 16.1. The van der Waals surface area contributed by atoms with Crippen molar-refractivity contribution in [1.82, 2.24) is 9.88 Å². The molecule has 0 saturated carbocycles. The fraction of sp³-hybridized carbons (Fsp3) is 0.217. The van der Waals surface area contributed by atoms with Crippen molar-refractivity contribution in [3.8, 4) is 0 Å². The molecule has 0 spiro atoms. The molecule has 2 aromatic carbocycles. The molecule has 0 N–H and O–H groups in total. The first-order chi connectivity index (χ1) is 14.1. The van der Waals surface area contributed by atoms with Gasteiger partial charge in [0.25, 0.3) is 5.91 Å². The minimum atomic E-state index is 0.0963. The van der Waals surface area contributed by atoms with Crippen molar-refractivity contribution in [3.63, 3.8) is 0 Å². The molecule has 1 aliphatic rings. The Balaban J connectivity index is 1.35. The second-order valence-corrected chi connectivity index (χ2v) is 8.92.